The van der Waals surface area contributed by atoms with Crippen molar-refractivity contribution in [3.63, 3.8) is 0 Å². The van der Waals surface area contributed by atoms with Crippen molar-refractivity contribution in [2.45, 2.75) is 19.0 Å². The number of fused-ring (bicyclic) bond motifs is 1. The first kappa shape index (κ1) is 16.6. The number of nitrogens with one attached hydrogen (secondary N) is 2. The Morgan fingerprint density at radius 3 is 2.67 bits per heavy atom. The summed E-state index contributed by atoms with van der Waals surface area (Å²) in [5, 5.41) is 22.2. The molecule has 0 spiro atoms. The minimum atomic E-state index is 0.190. The van der Waals surface area contributed by atoms with Gasteiger partial charge in [0.1, 0.15) is 34.8 Å². The van der Waals surface area contributed by atoms with E-state index in [0.717, 1.165) is 17.0 Å². The van der Waals surface area contributed by atoms with E-state index >= 15 is 0 Å². The second-order valence-electron chi connectivity index (χ2n) is 6.49. The van der Waals surface area contributed by atoms with Gasteiger partial charge in [0.05, 0.1) is 5.56 Å². The van der Waals surface area contributed by atoms with Crippen molar-refractivity contribution in [3.8, 4) is 23.6 Å². The van der Waals surface area contributed by atoms with Gasteiger partial charge < -0.3 is 4.74 Å². The maximum atomic E-state index is 9.45. The van der Waals surface area contributed by atoms with Crippen molar-refractivity contribution in [1.29, 1.82) is 10.5 Å². The molecule has 0 bridgehead atoms. The van der Waals surface area contributed by atoms with Gasteiger partial charge in [-0.15, -0.1) is 0 Å². The van der Waals surface area contributed by atoms with Gasteiger partial charge >= 0.3 is 0 Å². The quantitative estimate of drug-likeness (QED) is 0.882. The third-order valence-electron chi connectivity index (χ3n) is 4.64. The van der Waals surface area contributed by atoms with Crippen molar-refractivity contribution in [3.05, 3.63) is 83.0 Å². The predicted octanol–water partition coefficient (Wildman–Crippen LogP) is 1.82. The van der Waals surface area contributed by atoms with E-state index in [1.54, 1.807) is 18.2 Å². The molecular weight excluding hydrogens is 336 g/mol. The lowest BCUT2D eigenvalue weighted by Gasteiger charge is -2.12. The highest BCUT2D eigenvalue weighted by Crippen LogP contribution is 2.30. The van der Waals surface area contributed by atoms with E-state index in [0.29, 0.717) is 17.1 Å². The zero-order valence-corrected chi connectivity index (χ0v) is 14.7. The Morgan fingerprint density at radius 1 is 1.04 bits per heavy atom. The molecule has 130 valence electrons. The molecule has 0 fully saturated rings. The number of amidine groups is 1. The molecule has 0 saturated carbocycles. The third kappa shape index (κ3) is 3.07. The molecule has 1 heterocycles. The Labute approximate surface area is 157 Å². The van der Waals surface area contributed by atoms with Gasteiger partial charge in [0.25, 0.3) is 5.84 Å². The van der Waals surface area contributed by atoms with Gasteiger partial charge in [0, 0.05) is 0 Å². The van der Waals surface area contributed by atoms with Crippen LogP contribution in [0.4, 0.5) is 0 Å². The molecular formula is C22H17N4O+. The van der Waals surface area contributed by atoms with Gasteiger partial charge in [0.15, 0.2) is 12.1 Å². The van der Waals surface area contributed by atoms with Crippen molar-refractivity contribution >= 4 is 5.84 Å². The molecule has 2 aliphatic rings. The number of hydrogen-bond acceptors (Lipinski definition) is 4. The van der Waals surface area contributed by atoms with Gasteiger partial charge in [-0.1, -0.05) is 24.3 Å². The fraction of sp³-hybridized carbons (Fsp3) is 0.136. The highest BCUT2D eigenvalue weighted by Gasteiger charge is 2.34. The SMILES string of the molecule is Cc1ccc(Oc2cccc(C#N)c2C#N)c(C2=[NH+][C@H]3C=CC=C[C@@H]3N2)c1. The fourth-order valence-corrected chi connectivity index (χ4v) is 3.28. The normalized spacial score (nSPS) is 19.4. The number of hydrogen-bond donors (Lipinski definition) is 2. The molecule has 1 aliphatic heterocycles. The maximum absolute atomic E-state index is 9.45. The van der Waals surface area contributed by atoms with Crippen LogP contribution in [-0.4, -0.2) is 17.9 Å². The lowest BCUT2D eigenvalue weighted by atomic mass is 10.1. The van der Waals surface area contributed by atoms with E-state index < -0.39 is 0 Å². The maximum Gasteiger partial charge on any atom is 0.280 e. The van der Waals surface area contributed by atoms with Crippen LogP contribution in [-0.2, 0) is 0 Å². The van der Waals surface area contributed by atoms with E-state index in [4.69, 9.17) is 4.74 Å². The van der Waals surface area contributed by atoms with Gasteiger partial charge in [0.2, 0.25) is 0 Å². The summed E-state index contributed by atoms with van der Waals surface area (Å²) in [5.41, 5.74) is 2.52. The van der Waals surface area contributed by atoms with E-state index in [1.807, 2.05) is 43.3 Å². The molecule has 2 aromatic rings. The predicted molar refractivity (Wildman–Crippen MR) is 101 cm³/mol. The molecule has 0 radical (unpaired) electrons. The van der Waals surface area contributed by atoms with Crippen LogP contribution in [0.3, 0.4) is 0 Å². The van der Waals surface area contributed by atoms with Gasteiger partial charge in [-0.2, -0.15) is 10.5 Å². The second kappa shape index (κ2) is 6.82. The van der Waals surface area contributed by atoms with Crippen LogP contribution in [0.25, 0.3) is 0 Å². The van der Waals surface area contributed by atoms with Crippen molar-refractivity contribution in [2.24, 2.45) is 0 Å². The van der Waals surface area contributed by atoms with Crippen LogP contribution < -0.4 is 15.0 Å². The number of aryl methyl sites for hydroxylation is 1. The molecule has 5 nitrogen and oxygen atoms in total. The van der Waals surface area contributed by atoms with Crippen molar-refractivity contribution < 1.29 is 9.73 Å². The standard InChI is InChI=1S/C22H16N4O/c1-14-9-10-21(27-20-8-4-5-15(12-23)17(20)13-24)16(11-14)22-25-18-6-2-3-7-19(18)26-22/h2-11,18-19H,1H3,(H,25,26)/p+1/t18-,19-/m0/s1. The molecule has 0 saturated heterocycles. The van der Waals surface area contributed by atoms with Gasteiger partial charge in [-0.25, -0.2) is 0 Å². The summed E-state index contributed by atoms with van der Waals surface area (Å²) in [4.78, 5) is 3.48. The van der Waals surface area contributed by atoms with Gasteiger partial charge in [-0.3, -0.25) is 10.3 Å². The smallest absolute Gasteiger partial charge is 0.280 e. The molecule has 0 unspecified atom stereocenters. The van der Waals surface area contributed by atoms with Crippen LogP contribution in [0.2, 0.25) is 0 Å². The average Bonchev–Trinajstić information content (AvgIpc) is 3.13. The number of rotatable bonds is 3. The number of ether oxygens (including phenoxy) is 1. The summed E-state index contributed by atoms with van der Waals surface area (Å²) in [6.07, 6.45) is 8.29. The average molecular weight is 353 g/mol. The van der Waals surface area contributed by atoms with Crippen LogP contribution in [0.15, 0.2) is 60.7 Å². The minimum absolute atomic E-state index is 0.190. The number of benzene rings is 2. The van der Waals surface area contributed by atoms with Crippen LogP contribution in [0.5, 0.6) is 11.5 Å². The van der Waals surface area contributed by atoms with Crippen LogP contribution >= 0.6 is 0 Å². The van der Waals surface area contributed by atoms with Gasteiger partial charge in [-0.05, 0) is 48.9 Å². The molecule has 2 atom stereocenters. The van der Waals surface area contributed by atoms with E-state index in [1.165, 1.54) is 0 Å². The molecule has 27 heavy (non-hydrogen) atoms. The summed E-state index contributed by atoms with van der Waals surface area (Å²) in [5.74, 6) is 1.88. The summed E-state index contributed by atoms with van der Waals surface area (Å²) in [7, 11) is 0. The lowest BCUT2D eigenvalue weighted by molar-refractivity contribution is -0.479. The Bertz CT molecular complexity index is 1080. The monoisotopic (exact) mass is 353 g/mol. The zero-order valence-electron chi connectivity index (χ0n) is 14.7. The zero-order chi connectivity index (χ0) is 18.8. The summed E-state index contributed by atoms with van der Waals surface area (Å²) < 4.78 is 6.08. The largest absolute Gasteiger partial charge is 0.455 e. The topological polar surface area (TPSA) is 82.8 Å². The van der Waals surface area contributed by atoms with Crippen molar-refractivity contribution in [1.82, 2.24) is 5.32 Å². The first-order chi connectivity index (χ1) is 13.2. The first-order valence-corrected chi connectivity index (χ1v) is 8.66. The number of nitriles is 2. The molecule has 0 aromatic heterocycles. The highest BCUT2D eigenvalue weighted by atomic mass is 16.5. The Kier molecular flexibility index (Phi) is 4.20. The molecule has 2 N–H and O–H groups in total. The highest BCUT2D eigenvalue weighted by molar-refractivity contribution is 5.98. The van der Waals surface area contributed by atoms with E-state index in [9.17, 15) is 10.5 Å². The fourth-order valence-electron chi connectivity index (χ4n) is 3.28. The first-order valence-electron chi connectivity index (χ1n) is 8.66. The van der Waals surface area contributed by atoms with Crippen LogP contribution in [0.1, 0.15) is 22.3 Å². The third-order valence-corrected chi connectivity index (χ3v) is 4.64. The molecule has 4 rings (SSSR count). The Balaban J connectivity index is 1.74. The number of allylic oxidation sites excluding steroid dienone is 2. The molecule has 0 amide bonds. The summed E-state index contributed by atoms with van der Waals surface area (Å²) in [6, 6.07) is 15.4. The number of nitrogens with zero attached hydrogens (tertiary/aromatic N) is 2. The Morgan fingerprint density at radius 2 is 1.89 bits per heavy atom. The van der Waals surface area contributed by atoms with E-state index in [-0.39, 0.29) is 17.6 Å². The summed E-state index contributed by atoms with van der Waals surface area (Å²) in [6.45, 7) is 2.02. The molecule has 2 aromatic carbocycles. The van der Waals surface area contributed by atoms with Crippen LogP contribution in [0, 0.1) is 29.6 Å². The second-order valence-corrected chi connectivity index (χ2v) is 6.49. The summed E-state index contributed by atoms with van der Waals surface area (Å²) >= 11 is 0. The molecule has 5 heteroatoms. The molecule has 1 aliphatic carbocycles. The van der Waals surface area contributed by atoms with E-state index in [2.05, 4.69) is 28.5 Å². The lowest BCUT2D eigenvalue weighted by Crippen LogP contribution is -2.77. The Hall–Kier alpha value is -3.83. The van der Waals surface area contributed by atoms with Crippen molar-refractivity contribution in [2.75, 3.05) is 0 Å². The minimum Gasteiger partial charge on any atom is -0.455 e.